The second kappa shape index (κ2) is 3.21. The van der Waals surface area contributed by atoms with Crippen LogP contribution in [0.2, 0.25) is 0 Å². The molecule has 0 unspecified atom stereocenters. The third-order valence-corrected chi connectivity index (χ3v) is 2.47. The minimum Gasteiger partial charge on any atom is -0.328 e. The first-order chi connectivity index (χ1) is 4.33. The van der Waals surface area contributed by atoms with E-state index in [1.54, 1.807) is 0 Å². The maximum Gasteiger partial charge on any atom is 0.00390 e. The van der Waals surface area contributed by atoms with Gasteiger partial charge in [0.2, 0.25) is 0 Å². The van der Waals surface area contributed by atoms with Crippen molar-refractivity contribution in [3.63, 3.8) is 0 Å². The molecule has 1 heteroatoms. The van der Waals surface area contributed by atoms with E-state index in [1.807, 2.05) is 0 Å². The van der Waals surface area contributed by atoms with E-state index in [1.165, 1.54) is 32.1 Å². The molecular weight excluding hydrogens is 110 g/mol. The van der Waals surface area contributed by atoms with Crippen LogP contribution in [0.25, 0.3) is 0 Å². The summed E-state index contributed by atoms with van der Waals surface area (Å²) in [4.78, 5) is 0. The molecule has 9 heavy (non-hydrogen) atoms. The molecule has 0 aromatic carbocycles. The maximum atomic E-state index is 5.75. The lowest BCUT2D eigenvalue weighted by atomic mass is 9.85. The molecular formula is C8H19N. The van der Waals surface area contributed by atoms with Gasteiger partial charge in [-0.25, -0.2) is 0 Å². The minimum atomic E-state index is 0. The summed E-state index contributed by atoms with van der Waals surface area (Å²) in [6.45, 7) is 2.28. The molecule has 1 fully saturated rings. The molecule has 0 aliphatic heterocycles. The van der Waals surface area contributed by atoms with Crippen LogP contribution >= 0.6 is 0 Å². The van der Waals surface area contributed by atoms with Gasteiger partial charge in [0.15, 0.2) is 0 Å². The highest BCUT2D eigenvalue weighted by molar-refractivity contribution is 4.72. The monoisotopic (exact) mass is 129 g/mol. The van der Waals surface area contributed by atoms with E-state index in [9.17, 15) is 0 Å². The Balaban J connectivity index is 0.000000810. The van der Waals surface area contributed by atoms with Crippen LogP contribution in [-0.4, -0.2) is 6.04 Å². The largest absolute Gasteiger partial charge is 0.328 e. The van der Waals surface area contributed by atoms with Crippen LogP contribution in [0.5, 0.6) is 0 Å². The van der Waals surface area contributed by atoms with Gasteiger partial charge < -0.3 is 5.73 Å². The number of rotatable bonds is 1. The van der Waals surface area contributed by atoms with Crippen LogP contribution in [0, 0.1) is 5.92 Å². The molecule has 1 rings (SSSR count). The summed E-state index contributed by atoms with van der Waals surface area (Å²) in [5, 5.41) is 0. The average Bonchev–Trinajstić information content (AvgIpc) is 1.90. The van der Waals surface area contributed by atoms with Crippen molar-refractivity contribution in [3.8, 4) is 0 Å². The summed E-state index contributed by atoms with van der Waals surface area (Å²) in [5.74, 6) is 0.991. The Kier molecular flexibility index (Phi) is 2.52. The van der Waals surface area contributed by atoms with Crippen molar-refractivity contribution in [1.29, 1.82) is 0 Å². The quantitative estimate of drug-likeness (QED) is 0.577. The average molecular weight is 129 g/mol. The standard InChI is InChI=1S/C8H17N.H2/c1-2-7-3-5-8(9)6-4-7;/h7-8H,2-6,9H2,1H3;1H. The molecule has 0 spiro atoms. The van der Waals surface area contributed by atoms with Gasteiger partial charge in [-0.3, -0.25) is 0 Å². The predicted octanol–water partition coefficient (Wildman–Crippen LogP) is 2.16. The van der Waals surface area contributed by atoms with E-state index in [0.717, 1.165) is 5.92 Å². The van der Waals surface area contributed by atoms with Crippen molar-refractivity contribution < 1.29 is 1.43 Å². The first-order valence-corrected chi connectivity index (χ1v) is 4.08. The van der Waals surface area contributed by atoms with E-state index in [0.29, 0.717) is 6.04 Å². The zero-order valence-corrected chi connectivity index (χ0v) is 6.27. The Bertz CT molecular complexity index is 77.3. The molecule has 1 aliphatic carbocycles. The summed E-state index contributed by atoms with van der Waals surface area (Å²) in [5.41, 5.74) is 5.75. The van der Waals surface area contributed by atoms with Crippen LogP contribution in [0.1, 0.15) is 40.5 Å². The van der Waals surface area contributed by atoms with Crippen molar-refractivity contribution >= 4 is 0 Å². The van der Waals surface area contributed by atoms with Gasteiger partial charge in [-0.05, 0) is 31.6 Å². The number of hydrogen-bond donors (Lipinski definition) is 1. The Morgan fingerprint density at radius 1 is 1.33 bits per heavy atom. The Morgan fingerprint density at radius 2 is 1.89 bits per heavy atom. The van der Waals surface area contributed by atoms with E-state index in [2.05, 4.69) is 6.92 Å². The molecule has 0 radical (unpaired) electrons. The third-order valence-electron chi connectivity index (χ3n) is 2.47. The molecule has 0 amide bonds. The topological polar surface area (TPSA) is 26.0 Å². The van der Waals surface area contributed by atoms with Crippen LogP contribution in [0.15, 0.2) is 0 Å². The van der Waals surface area contributed by atoms with Crippen molar-refractivity contribution in [2.45, 2.75) is 45.1 Å². The van der Waals surface area contributed by atoms with Crippen LogP contribution in [0.3, 0.4) is 0 Å². The predicted molar refractivity (Wildman–Crippen MR) is 42.3 cm³/mol. The molecule has 1 nitrogen and oxygen atoms in total. The molecule has 1 saturated carbocycles. The summed E-state index contributed by atoms with van der Waals surface area (Å²) in [6, 6.07) is 0.521. The van der Waals surface area contributed by atoms with Crippen molar-refractivity contribution in [2.75, 3.05) is 0 Å². The molecule has 0 atom stereocenters. The van der Waals surface area contributed by atoms with Gasteiger partial charge in [0.25, 0.3) is 0 Å². The maximum absolute atomic E-state index is 5.75. The SMILES string of the molecule is CCC1CCC(N)CC1.[HH]. The van der Waals surface area contributed by atoms with Gasteiger partial charge in [-0.15, -0.1) is 0 Å². The first kappa shape index (κ1) is 7.07. The van der Waals surface area contributed by atoms with Gasteiger partial charge >= 0.3 is 0 Å². The molecule has 0 aromatic heterocycles. The third kappa shape index (κ3) is 1.98. The molecule has 1 aliphatic rings. The Morgan fingerprint density at radius 3 is 2.33 bits per heavy atom. The summed E-state index contributed by atoms with van der Waals surface area (Å²) in [7, 11) is 0. The lowest BCUT2D eigenvalue weighted by Gasteiger charge is -2.24. The minimum absolute atomic E-state index is 0. The smallest absolute Gasteiger partial charge is 0.00390 e. The Hall–Kier alpha value is -0.0400. The number of hydrogen-bond acceptors (Lipinski definition) is 1. The Labute approximate surface area is 59.1 Å². The molecule has 0 saturated heterocycles. The van der Waals surface area contributed by atoms with E-state index < -0.39 is 0 Å². The normalized spacial score (nSPS) is 36.7. The summed E-state index contributed by atoms with van der Waals surface area (Å²) >= 11 is 0. The first-order valence-electron chi connectivity index (χ1n) is 4.08. The molecule has 0 heterocycles. The molecule has 2 N–H and O–H groups in total. The zero-order valence-electron chi connectivity index (χ0n) is 6.27. The van der Waals surface area contributed by atoms with Gasteiger partial charge in [0, 0.05) is 7.47 Å². The fourth-order valence-corrected chi connectivity index (χ4v) is 1.60. The highest BCUT2D eigenvalue weighted by Gasteiger charge is 2.15. The highest BCUT2D eigenvalue weighted by atomic mass is 14.6. The second-order valence-corrected chi connectivity index (χ2v) is 3.19. The van der Waals surface area contributed by atoms with Gasteiger partial charge in [-0.2, -0.15) is 0 Å². The second-order valence-electron chi connectivity index (χ2n) is 3.19. The summed E-state index contributed by atoms with van der Waals surface area (Å²) in [6.07, 6.45) is 6.62. The molecule has 56 valence electrons. The van der Waals surface area contributed by atoms with E-state index in [4.69, 9.17) is 5.73 Å². The lowest BCUT2D eigenvalue weighted by molar-refractivity contribution is 0.319. The number of nitrogens with two attached hydrogens (primary N) is 1. The van der Waals surface area contributed by atoms with E-state index >= 15 is 0 Å². The highest BCUT2D eigenvalue weighted by Crippen LogP contribution is 2.24. The summed E-state index contributed by atoms with van der Waals surface area (Å²) < 4.78 is 0. The fourth-order valence-electron chi connectivity index (χ4n) is 1.60. The zero-order chi connectivity index (χ0) is 6.69. The van der Waals surface area contributed by atoms with Crippen LogP contribution in [-0.2, 0) is 0 Å². The van der Waals surface area contributed by atoms with Gasteiger partial charge in [0.05, 0.1) is 0 Å². The lowest BCUT2D eigenvalue weighted by Crippen LogP contribution is -2.26. The van der Waals surface area contributed by atoms with Crippen LogP contribution < -0.4 is 5.73 Å². The molecule has 0 aromatic rings. The van der Waals surface area contributed by atoms with Crippen molar-refractivity contribution in [2.24, 2.45) is 11.7 Å². The van der Waals surface area contributed by atoms with Crippen LogP contribution in [0.4, 0.5) is 0 Å². The van der Waals surface area contributed by atoms with Gasteiger partial charge in [0.1, 0.15) is 0 Å². The van der Waals surface area contributed by atoms with E-state index in [-0.39, 0.29) is 1.43 Å². The fraction of sp³-hybridized carbons (Fsp3) is 1.00. The van der Waals surface area contributed by atoms with Gasteiger partial charge in [-0.1, -0.05) is 13.3 Å². The van der Waals surface area contributed by atoms with Crippen molar-refractivity contribution in [3.05, 3.63) is 0 Å². The molecule has 0 bridgehead atoms. The van der Waals surface area contributed by atoms with Crippen molar-refractivity contribution in [1.82, 2.24) is 0 Å².